The smallest absolute Gasteiger partial charge is 0.259 e. The molecule has 1 atom stereocenters. The van der Waals surface area contributed by atoms with Crippen molar-refractivity contribution in [3.63, 3.8) is 0 Å². The molecule has 1 aliphatic rings. The number of nitriles is 1. The number of aromatic nitrogens is 1. The monoisotopic (exact) mass is 507 g/mol. The zero-order valence-corrected chi connectivity index (χ0v) is 22.2. The van der Waals surface area contributed by atoms with Crippen molar-refractivity contribution in [1.82, 2.24) is 9.47 Å². The maximum absolute atomic E-state index is 13.8. The van der Waals surface area contributed by atoms with Crippen molar-refractivity contribution in [3.05, 3.63) is 137 Å². The first kappa shape index (κ1) is 24.5. The van der Waals surface area contributed by atoms with Crippen molar-refractivity contribution in [2.75, 3.05) is 0 Å². The topological polar surface area (TPSA) is 49.0 Å². The van der Waals surface area contributed by atoms with Crippen LogP contribution in [0, 0.1) is 25.2 Å². The maximum atomic E-state index is 13.8. The standard InChI is InChI=1S/C35H29N3O/c1-4-20-35(23-36)32-25(3)31-29-17-11-12-18-30(29)37(22-26-13-7-5-8-14-26)33(31)24(2)28(32)19-21-38(35)34(39)27-15-9-6-10-16-27/h4-19,21H,1,20,22H2,2-3H3. The van der Waals surface area contributed by atoms with Crippen LogP contribution in [0.2, 0.25) is 0 Å². The number of rotatable bonds is 5. The number of nitrogens with zero attached hydrogens (tertiary/aromatic N) is 3. The molecule has 0 radical (unpaired) electrons. The second-order valence-electron chi connectivity index (χ2n) is 10.2. The predicted molar refractivity (Wildman–Crippen MR) is 158 cm³/mol. The second kappa shape index (κ2) is 9.45. The number of fused-ring (bicyclic) bond motifs is 4. The fourth-order valence-electron chi connectivity index (χ4n) is 6.31. The van der Waals surface area contributed by atoms with Gasteiger partial charge >= 0.3 is 0 Å². The van der Waals surface area contributed by atoms with Gasteiger partial charge in [0.15, 0.2) is 5.54 Å². The molecule has 1 aliphatic heterocycles. The fraction of sp³-hybridized carbons (Fsp3) is 0.143. The summed E-state index contributed by atoms with van der Waals surface area (Å²) in [6.45, 7) is 8.96. The Morgan fingerprint density at radius 2 is 1.62 bits per heavy atom. The Hall–Kier alpha value is -4.88. The van der Waals surface area contributed by atoms with E-state index in [9.17, 15) is 10.1 Å². The normalized spacial score (nSPS) is 16.3. The van der Waals surface area contributed by atoms with Crippen LogP contribution in [0.4, 0.5) is 0 Å². The summed E-state index contributed by atoms with van der Waals surface area (Å²) >= 11 is 0. The average molecular weight is 508 g/mol. The molecule has 0 saturated carbocycles. The summed E-state index contributed by atoms with van der Waals surface area (Å²) in [4.78, 5) is 15.4. The summed E-state index contributed by atoms with van der Waals surface area (Å²) in [7, 11) is 0. The first-order valence-electron chi connectivity index (χ1n) is 13.2. The molecular weight excluding hydrogens is 478 g/mol. The van der Waals surface area contributed by atoms with Crippen LogP contribution in [0.1, 0.15) is 44.6 Å². The molecule has 0 saturated heterocycles. The summed E-state index contributed by atoms with van der Waals surface area (Å²) in [5.41, 5.74) is 6.86. The van der Waals surface area contributed by atoms with Crippen molar-refractivity contribution in [1.29, 1.82) is 5.26 Å². The molecule has 2 heterocycles. The molecule has 5 aromatic rings. The van der Waals surface area contributed by atoms with E-state index in [1.807, 2.05) is 30.3 Å². The van der Waals surface area contributed by atoms with Gasteiger partial charge in [-0.05, 0) is 60.4 Å². The Labute approximate surface area is 228 Å². The summed E-state index contributed by atoms with van der Waals surface area (Å²) in [5.74, 6) is -0.204. The molecule has 4 aromatic carbocycles. The molecule has 0 fully saturated rings. The van der Waals surface area contributed by atoms with E-state index in [4.69, 9.17) is 0 Å². The van der Waals surface area contributed by atoms with Gasteiger partial charge in [0, 0.05) is 46.6 Å². The minimum absolute atomic E-state index is 0.204. The largest absolute Gasteiger partial charge is 0.336 e. The van der Waals surface area contributed by atoms with Crippen LogP contribution in [-0.2, 0) is 12.1 Å². The van der Waals surface area contributed by atoms with Crippen molar-refractivity contribution >= 4 is 33.8 Å². The van der Waals surface area contributed by atoms with Gasteiger partial charge in [0.2, 0.25) is 0 Å². The van der Waals surface area contributed by atoms with E-state index < -0.39 is 5.54 Å². The first-order chi connectivity index (χ1) is 19.0. The van der Waals surface area contributed by atoms with Gasteiger partial charge in [-0.15, -0.1) is 6.58 Å². The number of hydrogen-bond donors (Lipinski definition) is 0. The number of hydrogen-bond acceptors (Lipinski definition) is 2. The van der Waals surface area contributed by atoms with Crippen LogP contribution >= 0.6 is 0 Å². The lowest BCUT2D eigenvalue weighted by Gasteiger charge is -2.41. The molecule has 0 aliphatic carbocycles. The first-order valence-corrected chi connectivity index (χ1v) is 13.2. The second-order valence-corrected chi connectivity index (χ2v) is 10.2. The molecule has 6 rings (SSSR count). The highest BCUT2D eigenvalue weighted by molar-refractivity contribution is 6.12. The number of para-hydroxylation sites is 1. The molecule has 39 heavy (non-hydrogen) atoms. The van der Waals surface area contributed by atoms with E-state index >= 15 is 0 Å². The van der Waals surface area contributed by atoms with E-state index in [0.717, 1.165) is 50.6 Å². The summed E-state index contributed by atoms with van der Waals surface area (Å²) in [6.07, 6.45) is 5.84. The lowest BCUT2D eigenvalue weighted by molar-refractivity contribution is 0.0700. The number of aryl methyl sites for hydroxylation is 2. The highest BCUT2D eigenvalue weighted by atomic mass is 16.2. The lowest BCUT2D eigenvalue weighted by Crippen LogP contribution is -2.47. The molecule has 4 heteroatoms. The van der Waals surface area contributed by atoms with Crippen molar-refractivity contribution in [2.45, 2.75) is 32.4 Å². The van der Waals surface area contributed by atoms with Crippen molar-refractivity contribution in [2.24, 2.45) is 0 Å². The highest BCUT2D eigenvalue weighted by Gasteiger charge is 2.45. The van der Waals surface area contributed by atoms with Gasteiger partial charge in [-0.1, -0.05) is 72.8 Å². The summed E-state index contributed by atoms with van der Waals surface area (Å²) in [6, 6.07) is 30.7. The van der Waals surface area contributed by atoms with Gasteiger partial charge in [0.05, 0.1) is 11.6 Å². The SMILES string of the molecule is C=CCC1(C#N)c2c(c(C)c3c(c2C)c2ccccc2n3Cc2ccccc2)C=CN1C(=O)c1ccccc1. The number of carbonyl (C=O) groups excluding carboxylic acids is 1. The van der Waals surface area contributed by atoms with Gasteiger partial charge < -0.3 is 4.57 Å². The summed E-state index contributed by atoms with van der Waals surface area (Å²) < 4.78 is 2.39. The van der Waals surface area contributed by atoms with Crippen LogP contribution in [0.3, 0.4) is 0 Å². The zero-order valence-electron chi connectivity index (χ0n) is 22.2. The van der Waals surface area contributed by atoms with Gasteiger partial charge in [-0.3, -0.25) is 9.69 Å². The van der Waals surface area contributed by atoms with Gasteiger partial charge in [-0.25, -0.2) is 0 Å². The molecule has 1 unspecified atom stereocenters. The predicted octanol–water partition coefficient (Wildman–Crippen LogP) is 7.88. The van der Waals surface area contributed by atoms with Crippen LogP contribution in [0.15, 0.2) is 104 Å². The Morgan fingerprint density at radius 3 is 2.31 bits per heavy atom. The molecular formula is C35H29N3O. The molecule has 1 aromatic heterocycles. The third-order valence-electron chi connectivity index (χ3n) is 8.01. The van der Waals surface area contributed by atoms with Crippen LogP contribution in [0.25, 0.3) is 27.9 Å². The Balaban J connectivity index is 1.67. The number of carbonyl (C=O) groups is 1. The molecule has 1 amide bonds. The van der Waals surface area contributed by atoms with E-state index in [0.29, 0.717) is 12.0 Å². The number of benzene rings is 4. The molecule has 4 nitrogen and oxygen atoms in total. The Kier molecular flexibility index (Phi) is 5.93. The number of amides is 1. The third-order valence-corrected chi connectivity index (χ3v) is 8.01. The Morgan fingerprint density at radius 1 is 0.949 bits per heavy atom. The van der Waals surface area contributed by atoms with Gasteiger partial charge in [-0.2, -0.15) is 5.26 Å². The van der Waals surface area contributed by atoms with E-state index in [2.05, 4.69) is 79.6 Å². The van der Waals surface area contributed by atoms with Gasteiger partial charge in [0.1, 0.15) is 0 Å². The van der Waals surface area contributed by atoms with Crippen molar-refractivity contribution < 1.29 is 4.79 Å². The minimum Gasteiger partial charge on any atom is -0.336 e. The van der Waals surface area contributed by atoms with Gasteiger partial charge in [0.25, 0.3) is 5.91 Å². The molecule has 0 N–H and O–H groups in total. The molecule has 0 bridgehead atoms. The van der Waals surface area contributed by atoms with E-state index in [-0.39, 0.29) is 5.91 Å². The average Bonchev–Trinajstić information content (AvgIpc) is 3.31. The van der Waals surface area contributed by atoms with Crippen LogP contribution in [-0.4, -0.2) is 15.4 Å². The molecule has 0 spiro atoms. The summed E-state index contributed by atoms with van der Waals surface area (Å²) in [5, 5.41) is 13.1. The van der Waals surface area contributed by atoms with Crippen molar-refractivity contribution in [3.8, 4) is 6.07 Å². The van der Waals surface area contributed by atoms with E-state index in [1.165, 1.54) is 5.56 Å². The maximum Gasteiger partial charge on any atom is 0.259 e. The quantitative estimate of drug-likeness (QED) is 0.227. The van der Waals surface area contributed by atoms with Crippen LogP contribution < -0.4 is 0 Å². The molecule has 190 valence electrons. The third kappa shape index (κ3) is 3.62. The zero-order chi connectivity index (χ0) is 27.1. The van der Waals surface area contributed by atoms with E-state index in [1.54, 1.807) is 29.3 Å². The minimum atomic E-state index is -1.22. The highest BCUT2D eigenvalue weighted by Crippen LogP contribution is 2.47. The Bertz CT molecular complexity index is 1820. The fourth-order valence-corrected chi connectivity index (χ4v) is 6.31. The van der Waals surface area contributed by atoms with Crippen LogP contribution in [0.5, 0.6) is 0 Å². The lowest BCUT2D eigenvalue weighted by atomic mass is 9.75.